The maximum absolute atomic E-state index is 11.7. The Labute approximate surface area is 142 Å². The molecule has 2 fully saturated rings. The first kappa shape index (κ1) is 17.2. The van der Waals surface area contributed by atoms with Crippen LogP contribution in [0.3, 0.4) is 0 Å². The molecule has 0 spiro atoms. The fourth-order valence-corrected chi connectivity index (χ4v) is 4.62. The topological polar surface area (TPSA) is 83.9 Å². The summed E-state index contributed by atoms with van der Waals surface area (Å²) in [7, 11) is -3.20. The van der Waals surface area contributed by atoms with Crippen molar-refractivity contribution in [3.8, 4) is 5.75 Å². The predicted molar refractivity (Wildman–Crippen MR) is 88.9 cm³/mol. The molecule has 24 heavy (non-hydrogen) atoms. The highest BCUT2D eigenvalue weighted by atomic mass is 32.2. The van der Waals surface area contributed by atoms with E-state index < -0.39 is 21.2 Å². The number of hydrogen-bond donors (Lipinski definition) is 1. The van der Waals surface area contributed by atoms with Gasteiger partial charge >= 0.3 is 5.97 Å². The van der Waals surface area contributed by atoms with Gasteiger partial charge in [-0.2, -0.15) is 0 Å². The molecular formula is C17H23NO5S. The number of hydrogen-bond acceptors (Lipinski definition) is 5. The first-order chi connectivity index (χ1) is 11.3. The molecule has 1 N–H and O–H groups in total. The Balaban J connectivity index is 1.52. The molecule has 1 heterocycles. The van der Waals surface area contributed by atoms with Crippen molar-refractivity contribution in [1.82, 2.24) is 4.90 Å². The van der Waals surface area contributed by atoms with Crippen LogP contribution < -0.4 is 4.74 Å². The van der Waals surface area contributed by atoms with Crippen LogP contribution in [0.1, 0.15) is 19.3 Å². The Morgan fingerprint density at radius 1 is 1.38 bits per heavy atom. The van der Waals surface area contributed by atoms with Crippen LogP contribution in [0.5, 0.6) is 5.75 Å². The van der Waals surface area contributed by atoms with Crippen LogP contribution in [0.15, 0.2) is 29.2 Å². The molecule has 132 valence electrons. The van der Waals surface area contributed by atoms with Gasteiger partial charge in [-0.3, -0.25) is 9.69 Å². The van der Waals surface area contributed by atoms with Crippen molar-refractivity contribution in [1.29, 1.82) is 0 Å². The van der Waals surface area contributed by atoms with Gasteiger partial charge in [0.05, 0.1) is 10.3 Å². The molecule has 6 nitrogen and oxygen atoms in total. The zero-order valence-corrected chi connectivity index (χ0v) is 14.6. The van der Waals surface area contributed by atoms with Crippen molar-refractivity contribution in [2.45, 2.75) is 24.2 Å². The minimum Gasteiger partial charge on any atom is -0.492 e. The highest BCUT2D eigenvalue weighted by Crippen LogP contribution is 2.48. The van der Waals surface area contributed by atoms with Crippen LogP contribution in [0.25, 0.3) is 0 Å². The van der Waals surface area contributed by atoms with E-state index in [0.717, 1.165) is 25.8 Å². The van der Waals surface area contributed by atoms with Gasteiger partial charge in [-0.1, -0.05) is 6.42 Å². The summed E-state index contributed by atoms with van der Waals surface area (Å²) in [5, 5.41) is 9.58. The number of carboxylic acids is 1. The fourth-order valence-electron chi connectivity index (χ4n) is 3.99. The van der Waals surface area contributed by atoms with E-state index in [1.807, 2.05) is 0 Å². The van der Waals surface area contributed by atoms with E-state index in [0.29, 0.717) is 25.4 Å². The lowest BCUT2D eigenvalue weighted by Crippen LogP contribution is -2.36. The zero-order chi connectivity index (χ0) is 17.4. The standard InChI is InChI=1S/C17H23NO5S/c1-24(21,22)15-6-4-14(5-7-15)23-10-9-18-11-13-3-2-8-17(13,12-18)16(19)20/h4-7,13H,2-3,8-12H2,1H3,(H,19,20)/t13-,17+/m0/s1. The lowest BCUT2D eigenvalue weighted by molar-refractivity contribution is -0.149. The number of fused-ring (bicyclic) bond motifs is 1. The quantitative estimate of drug-likeness (QED) is 0.837. The predicted octanol–water partition coefficient (Wildman–Crippen LogP) is 1.66. The Bertz CT molecular complexity index is 715. The summed E-state index contributed by atoms with van der Waals surface area (Å²) < 4.78 is 28.5. The molecule has 3 rings (SSSR count). The Hall–Kier alpha value is -1.60. The van der Waals surface area contributed by atoms with Gasteiger partial charge in [0.2, 0.25) is 0 Å². The molecule has 2 aliphatic rings. The van der Waals surface area contributed by atoms with Crippen molar-refractivity contribution >= 4 is 15.8 Å². The second-order valence-electron chi connectivity index (χ2n) is 6.88. The van der Waals surface area contributed by atoms with E-state index in [-0.39, 0.29) is 10.8 Å². The average Bonchev–Trinajstić information content (AvgIpc) is 3.04. The first-order valence-corrected chi connectivity index (χ1v) is 10.1. The Morgan fingerprint density at radius 2 is 2.08 bits per heavy atom. The van der Waals surface area contributed by atoms with Gasteiger partial charge in [0.15, 0.2) is 9.84 Å². The molecule has 0 unspecified atom stereocenters. The SMILES string of the molecule is CS(=O)(=O)c1ccc(OCCN2C[C@@H]3CCC[C@@]3(C(=O)O)C2)cc1. The average molecular weight is 353 g/mol. The third-order valence-corrected chi connectivity index (χ3v) is 6.42. The van der Waals surface area contributed by atoms with Crippen molar-refractivity contribution in [3.05, 3.63) is 24.3 Å². The molecule has 1 saturated heterocycles. The van der Waals surface area contributed by atoms with E-state index in [9.17, 15) is 18.3 Å². The molecular weight excluding hydrogens is 330 g/mol. The van der Waals surface area contributed by atoms with Gasteiger partial charge in [-0.25, -0.2) is 8.42 Å². The van der Waals surface area contributed by atoms with E-state index in [1.165, 1.54) is 18.4 Å². The highest BCUT2D eigenvalue weighted by molar-refractivity contribution is 7.90. The molecule has 7 heteroatoms. The van der Waals surface area contributed by atoms with Gasteiger partial charge in [-0.15, -0.1) is 0 Å². The molecule has 0 aromatic heterocycles. The largest absolute Gasteiger partial charge is 0.492 e. The molecule has 0 amide bonds. The lowest BCUT2D eigenvalue weighted by Gasteiger charge is -2.23. The minimum absolute atomic E-state index is 0.254. The second kappa shape index (κ2) is 6.37. The normalized spacial score (nSPS) is 27.1. The molecule has 0 radical (unpaired) electrons. The molecule has 1 aromatic carbocycles. The van der Waals surface area contributed by atoms with Crippen molar-refractivity contribution < 1.29 is 23.1 Å². The highest BCUT2D eigenvalue weighted by Gasteiger charge is 2.54. The maximum atomic E-state index is 11.7. The molecule has 2 atom stereocenters. The summed E-state index contributed by atoms with van der Waals surface area (Å²) in [6.07, 6.45) is 3.95. The van der Waals surface area contributed by atoms with Crippen LogP contribution in [0, 0.1) is 11.3 Å². The van der Waals surface area contributed by atoms with E-state index in [2.05, 4.69) is 4.90 Å². The van der Waals surface area contributed by atoms with Crippen LogP contribution in [0.2, 0.25) is 0 Å². The molecule has 1 aliphatic heterocycles. The number of carbonyl (C=O) groups is 1. The summed E-state index contributed by atoms with van der Waals surface area (Å²) >= 11 is 0. The molecule has 1 aromatic rings. The number of rotatable bonds is 6. The van der Waals surface area contributed by atoms with Crippen LogP contribution in [0.4, 0.5) is 0 Å². The summed E-state index contributed by atoms with van der Waals surface area (Å²) in [4.78, 5) is 14.1. The minimum atomic E-state index is -3.20. The van der Waals surface area contributed by atoms with Crippen molar-refractivity contribution in [2.75, 3.05) is 32.5 Å². The van der Waals surface area contributed by atoms with Gasteiger partial charge in [0, 0.05) is 25.9 Å². The Morgan fingerprint density at radius 3 is 2.67 bits per heavy atom. The third-order valence-electron chi connectivity index (χ3n) is 5.30. The molecule has 1 saturated carbocycles. The van der Waals surface area contributed by atoms with Crippen molar-refractivity contribution in [3.63, 3.8) is 0 Å². The summed E-state index contributed by atoms with van der Waals surface area (Å²) in [6, 6.07) is 6.36. The summed E-state index contributed by atoms with van der Waals surface area (Å²) in [5.41, 5.74) is -0.558. The third kappa shape index (κ3) is 3.28. The monoisotopic (exact) mass is 353 g/mol. The molecule has 1 aliphatic carbocycles. The van der Waals surface area contributed by atoms with Crippen LogP contribution in [-0.2, 0) is 14.6 Å². The zero-order valence-electron chi connectivity index (χ0n) is 13.8. The van der Waals surface area contributed by atoms with Crippen LogP contribution >= 0.6 is 0 Å². The van der Waals surface area contributed by atoms with E-state index in [4.69, 9.17) is 4.74 Å². The van der Waals surface area contributed by atoms with Gasteiger partial charge in [0.1, 0.15) is 12.4 Å². The fraction of sp³-hybridized carbons (Fsp3) is 0.588. The number of sulfone groups is 1. The van der Waals surface area contributed by atoms with Crippen molar-refractivity contribution in [2.24, 2.45) is 11.3 Å². The summed E-state index contributed by atoms with van der Waals surface area (Å²) in [5.74, 6) is 0.212. The molecule has 0 bridgehead atoms. The van der Waals surface area contributed by atoms with Gasteiger partial charge in [0.25, 0.3) is 0 Å². The second-order valence-corrected chi connectivity index (χ2v) is 8.89. The number of aliphatic carboxylic acids is 1. The number of nitrogens with zero attached hydrogens (tertiary/aromatic N) is 1. The van der Waals surface area contributed by atoms with Crippen LogP contribution in [-0.4, -0.2) is 56.9 Å². The number of benzene rings is 1. The Kier molecular flexibility index (Phi) is 4.57. The first-order valence-electron chi connectivity index (χ1n) is 8.20. The maximum Gasteiger partial charge on any atom is 0.311 e. The van der Waals surface area contributed by atoms with E-state index >= 15 is 0 Å². The number of ether oxygens (including phenoxy) is 1. The van der Waals surface area contributed by atoms with Gasteiger partial charge < -0.3 is 9.84 Å². The summed E-state index contributed by atoms with van der Waals surface area (Å²) in [6.45, 7) is 2.56. The number of carboxylic acid groups (broad SMARTS) is 1. The van der Waals surface area contributed by atoms with Gasteiger partial charge in [-0.05, 0) is 43.0 Å². The lowest BCUT2D eigenvalue weighted by atomic mass is 9.81. The number of likely N-dealkylation sites (tertiary alicyclic amines) is 1. The van der Waals surface area contributed by atoms with E-state index in [1.54, 1.807) is 12.1 Å². The smallest absolute Gasteiger partial charge is 0.311 e.